The second-order valence-electron chi connectivity index (χ2n) is 5.44. The fourth-order valence-corrected chi connectivity index (χ4v) is 3.68. The second-order valence-corrected chi connectivity index (χ2v) is 7.27. The molecular formula is C16H14F2N4O2S2. The van der Waals surface area contributed by atoms with Gasteiger partial charge in [0.15, 0.2) is 21.9 Å². The molecule has 0 saturated carbocycles. The number of thiazole rings is 1. The fraction of sp³-hybridized carbons (Fsp3) is 0.250. The summed E-state index contributed by atoms with van der Waals surface area (Å²) in [6, 6.07) is 2.03. The lowest BCUT2D eigenvalue weighted by Crippen LogP contribution is -2.20. The van der Waals surface area contributed by atoms with Crippen LogP contribution < -0.4 is 10.9 Å². The molecule has 2 N–H and O–H groups in total. The molecule has 6 nitrogen and oxygen atoms in total. The number of nitrogens with zero attached hydrogens (tertiary/aromatic N) is 2. The van der Waals surface area contributed by atoms with Gasteiger partial charge in [-0.3, -0.25) is 9.59 Å². The number of halogens is 2. The number of thioether (sulfide) groups is 1. The Labute approximate surface area is 155 Å². The minimum absolute atomic E-state index is 0.0584. The number of amides is 1. The molecule has 0 saturated heterocycles. The van der Waals surface area contributed by atoms with E-state index in [4.69, 9.17) is 0 Å². The predicted molar refractivity (Wildman–Crippen MR) is 97.9 cm³/mol. The summed E-state index contributed by atoms with van der Waals surface area (Å²) in [5.74, 6) is -2.30. The normalized spacial score (nSPS) is 11.1. The first kappa shape index (κ1) is 18.5. The molecule has 136 valence electrons. The number of carbonyl (C=O) groups excluding carboxylic acids is 1. The molecule has 0 aliphatic heterocycles. The lowest BCUT2D eigenvalue weighted by atomic mass is 10.1. The number of aromatic nitrogens is 3. The molecule has 0 aliphatic carbocycles. The van der Waals surface area contributed by atoms with Gasteiger partial charge in [-0.05, 0) is 25.7 Å². The highest BCUT2D eigenvalue weighted by Gasteiger charge is 2.13. The maximum Gasteiger partial charge on any atom is 0.254 e. The summed E-state index contributed by atoms with van der Waals surface area (Å²) in [5, 5.41) is 3.36. The number of rotatable bonds is 5. The number of H-pyrrole nitrogens is 1. The monoisotopic (exact) mass is 396 g/mol. The Hall–Kier alpha value is -2.33. The van der Waals surface area contributed by atoms with Crippen LogP contribution in [0.5, 0.6) is 0 Å². The minimum Gasteiger partial charge on any atom is -0.302 e. The van der Waals surface area contributed by atoms with Crippen LogP contribution in [0.25, 0.3) is 10.2 Å². The first-order chi connectivity index (χ1) is 12.4. The number of fused-ring (bicyclic) bond motifs is 1. The van der Waals surface area contributed by atoms with E-state index in [-0.39, 0.29) is 35.0 Å². The summed E-state index contributed by atoms with van der Waals surface area (Å²) in [6.45, 7) is 1.72. The van der Waals surface area contributed by atoms with Gasteiger partial charge in [-0.15, -0.1) is 0 Å². The number of carbonyl (C=O) groups is 1. The summed E-state index contributed by atoms with van der Waals surface area (Å²) in [4.78, 5) is 35.1. The maximum atomic E-state index is 13.2. The van der Waals surface area contributed by atoms with Gasteiger partial charge in [-0.2, -0.15) is 0 Å². The SMILES string of the molecule is CSc1nc(C)c(CCC(=O)Nc2nc3cc(F)c(F)cc3s2)c(=O)[nH]1. The molecular weight excluding hydrogens is 382 g/mol. The standard InChI is InChI=1S/C16H14F2N4O2S2/c1-7-8(14(24)22-15(19-7)25-2)3-4-13(23)21-16-20-11-5-9(17)10(18)6-12(11)26-16/h5-6H,3-4H2,1-2H3,(H,19,22,24)(H,20,21,23). The average molecular weight is 396 g/mol. The third-order valence-electron chi connectivity index (χ3n) is 3.67. The van der Waals surface area contributed by atoms with E-state index in [1.54, 1.807) is 13.2 Å². The Balaban J connectivity index is 1.69. The molecule has 0 fully saturated rings. The van der Waals surface area contributed by atoms with Crippen molar-refractivity contribution < 1.29 is 13.6 Å². The van der Waals surface area contributed by atoms with E-state index in [1.165, 1.54) is 11.8 Å². The second kappa shape index (κ2) is 7.50. The summed E-state index contributed by atoms with van der Waals surface area (Å²) in [7, 11) is 0. The third kappa shape index (κ3) is 3.91. The van der Waals surface area contributed by atoms with Crippen molar-refractivity contribution in [3.8, 4) is 0 Å². The van der Waals surface area contributed by atoms with Gasteiger partial charge in [-0.25, -0.2) is 18.7 Å². The zero-order valence-electron chi connectivity index (χ0n) is 13.9. The molecule has 0 aliphatic rings. The molecule has 3 aromatic rings. The number of hydrogen-bond acceptors (Lipinski definition) is 6. The van der Waals surface area contributed by atoms with E-state index >= 15 is 0 Å². The summed E-state index contributed by atoms with van der Waals surface area (Å²) in [6.07, 6.45) is 2.09. The third-order valence-corrected chi connectivity index (χ3v) is 5.19. The van der Waals surface area contributed by atoms with Gasteiger partial charge >= 0.3 is 0 Å². The van der Waals surface area contributed by atoms with Crippen LogP contribution >= 0.6 is 23.1 Å². The summed E-state index contributed by atoms with van der Waals surface area (Å²) in [5.41, 5.74) is 1.04. The molecule has 26 heavy (non-hydrogen) atoms. The lowest BCUT2D eigenvalue weighted by molar-refractivity contribution is -0.116. The number of benzene rings is 1. The van der Waals surface area contributed by atoms with E-state index in [0.717, 1.165) is 23.5 Å². The topological polar surface area (TPSA) is 87.7 Å². The van der Waals surface area contributed by atoms with Crippen molar-refractivity contribution in [1.82, 2.24) is 15.0 Å². The lowest BCUT2D eigenvalue weighted by Gasteiger charge is -2.05. The quantitative estimate of drug-likeness (QED) is 0.511. The molecule has 0 unspecified atom stereocenters. The summed E-state index contributed by atoms with van der Waals surface area (Å²) >= 11 is 2.38. The van der Waals surface area contributed by atoms with Crippen molar-refractivity contribution in [1.29, 1.82) is 0 Å². The van der Waals surface area contributed by atoms with E-state index < -0.39 is 11.6 Å². The van der Waals surface area contributed by atoms with Crippen molar-refractivity contribution in [2.24, 2.45) is 0 Å². The van der Waals surface area contributed by atoms with E-state index in [2.05, 4.69) is 20.3 Å². The van der Waals surface area contributed by atoms with Crippen LogP contribution in [0.3, 0.4) is 0 Å². The van der Waals surface area contributed by atoms with Crippen LogP contribution in [-0.2, 0) is 11.2 Å². The van der Waals surface area contributed by atoms with Gasteiger partial charge in [0.2, 0.25) is 5.91 Å². The first-order valence-corrected chi connectivity index (χ1v) is 9.60. The van der Waals surface area contributed by atoms with Gasteiger partial charge in [-0.1, -0.05) is 23.1 Å². The zero-order chi connectivity index (χ0) is 18.8. The van der Waals surface area contributed by atoms with Gasteiger partial charge in [0.05, 0.1) is 10.2 Å². The highest BCUT2D eigenvalue weighted by atomic mass is 32.2. The summed E-state index contributed by atoms with van der Waals surface area (Å²) < 4.78 is 26.9. The highest BCUT2D eigenvalue weighted by molar-refractivity contribution is 7.98. The van der Waals surface area contributed by atoms with Crippen molar-refractivity contribution in [3.05, 3.63) is 45.4 Å². The zero-order valence-corrected chi connectivity index (χ0v) is 15.5. The molecule has 0 radical (unpaired) electrons. The molecule has 0 bridgehead atoms. The highest BCUT2D eigenvalue weighted by Crippen LogP contribution is 2.27. The van der Waals surface area contributed by atoms with Crippen LogP contribution in [0.1, 0.15) is 17.7 Å². The van der Waals surface area contributed by atoms with Gasteiger partial charge in [0.1, 0.15) is 0 Å². The van der Waals surface area contributed by atoms with Crippen LogP contribution in [0, 0.1) is 18.6 Å². The van der Waals surface area contributed by atoms with Crippen LogP contribution in [-0.4, -0.2) is 27.1 Å². The van der Waals surface area contributed by atoms with Gasteiger partial charge in [0, 0.05) is 23.7 Å². The predicted octanol–water partition coefficient (Wildman–Crippen LogP) is 3.26. The van der Waals surface area contributed by atoms with Gasteiger partial charge in [0.25, 0.3) is 5.56 Å². The van der Waals surface area contributed by atoms with E-state index in [9.17, 15) is 18.4 Å². The Morgan fingerprint density at radius 3 is 2.73 bits per heavy atom. The Morgan fingerprint density at radius 2 is 2.04 bits per heavy atom. The Morgan fingerprint density at radius 1 is 1.31 bits per heavy atom. The molecule has 2 aromatic heterocycles. The average Bonchev–Trinajstić information content (AvgIpc) is 2.95. The van der Waals surface area contributed by atoms with Crippen LogP contribution in [0.15, 0.2) is 22.1 Å². The number of anilines is 1. The minimum atomic E-state index is -0.989. The number of nitrogens with one attached hydrogen (secondary N) is 2. The molecule has 2 heterocycles. The number of aryl methyl sites for hydroxylation is 1. The van der Waals surface area contributed by atoms with E-state index in [1.807, 2.05) is 0 Å². The number of hydrogen-bond donors (Lipinski definition) is 2. The Bertz CT molecular complexity index is 1010. The van der Waals surface area contributed by atoms with E-state index in [0.29, 0.717) is 21.1 Å². The van der Waals surface area contributed by atoms with Crippen molar-refractivity contribution in [2.75, 3.05) is 11.6 Å². The van der Waals surface area contributed by atoms with Crippen molar-refractivity contribution in [2.45, 2.75) is 24.9 Å². The van der Waals surface area contributed by atoms with Crippen molar-refractivity contribution >= 4 is 44.4 Å². The smallest absolute Gasteiger partial charge is 0.254 e. The fourth-order valence-electron chi connectivity index (χ4n) is 2.37. The van der Waals surface area contributed by atoms with Gasteiger partial charge < -0.3 is 10.3 Å². The van der Waals surface area contributed by atoms with Crippen LogP contribution in [0.2, 0.25) is 0 Å². The first-order valence-electron chi connectivity index (χ1n) is 7.56. The largest absolute Gasteiger partial charge is 0.302 e. The molecule has 1 amide bonds. The molecule has 0 atom stereocenters. The van der Waals surface area contributed by atoms with Crippen LogP contribution in [0.4, 0.5) is 13.9 Å². The number of aromatic amines is 1. The Kier molecular flexibility index (Phi) is 5.33. The van der Waals surface area contributed by atoms with Crippen molar-refractivity contribution in [3.63, 3.8) is 0 Å². The molecule has 0 spiro atoms. The maximum absolute atomic E-state index is 13.2. The molecule has 10 heteroatoms. The molecule has 3 rings (SSSR count). The molecule has 1 aromatic carbocycles.